The van der Waals surface area contributed by atoms with Crippen molar-refractivity contribution in [2.75, 3.05) is 0 Å². The Morgan fingerprint density at radius 3 is 2.20 bits per heavy atom. The van der Waals surface area contributed by atoms with Gasteiger partial charge >= 0.3 is 0 Å². The third-order valence-corrected chi connectivity index (χ3v) is 1.56. The van der Waals surface area contributed by atoms with Gasteiger partial charge in [-0.1, -0.05) is 19.1 Å². The molecule has 0 fully saturated rings. The first-order valence-electron chi connectivity index (χ1n) is 3.35. The third-order valence-electron chi connectivity index (χ3n) is 1.28. The lowest BCUT2D eigenvalue weighted by Gasteiger charge is -2.13. The predicted molar refractivity (Wildman–Crippen MR) is 46.2 cm³/mol. The fourth-order valence-corrected chi connectivity index (χ4v) is 0.962. The maximum Gasteiger partial charge on any atom is 0.217 e. The second-order valence-electron chi connectivity index (χ2n) is 2.27. The molecule has 1 N–H and O–H groups in total. The lowest BCUT2D eigenvalue weighted by atomic mass is 10.2. The first-order chi connectivity index (χ1) is 4.57. The van der Waals surface area contributed by atoms with Crippen LogP contribution in [0.2, 0.25) is 0 Å². The van der Waals surface area contributed by atoms with Gasteiger partial charge in [-0.3, -0.25) is 4.79 Å². The first-order valence-corrected chi connectivity index (χ1v) is 3.76. The first kappa shape index (κ1) is 9.56. The second kappa shape index (κ2) is 4.39. The summed E-state index contributed by atoms with van der Waals surface area (Å²) in [5, 5.41) is 2.75. The van der Waals surface area contributed by atoms with E-state index in [1.807, 2.05) is 13.8 Å². The molecule has 0 rings (SSSR count). The molecule has 0 aromatic rings. The predicted octanol–water partition coefficient (Wildman–Crippen LogP) is 1.29. The number of nitrogens with one attached hydrogen (secondary N) is 1. The van der Waals surface area contributed by atoms with E-state index in [1.54, 1.807) is 0 Å². The number of hydrogen-bond acceptors (Lipinski definition) is 2. The molecule has 0 heterocycles. The van der Waals surface area contributed by atoms with Crippen molar-refractivity contribution < 1.29 is 4.79 Å². The molecule has 10 heavy (non-hydrogen) atoms. The highest BCUT2D eigenvalue weighted by atomic mass is 32.1. The Bertz CT molecular complexity index is 145. The molecule has 0 spiro atoms. The highest BCUT2D eigenvalue weighted by Gasteiger charge is 2.07. The summed E-state index contributed by atoms with van der Waals surface area (Å²) in [6.45, 7) is 5.34. The molecule has 0 saturated carbocycles. The van der Waals surface area contributed by atoms with Gasteiger partial charge in [0.05, 0.1) is 6.04 Å². The molecular formula is C7H13NOS. The molecule has 0 bridgehead atoms. The fraction of sp³-hybridized carbons (Fsp3) is 0.714. The van der Waals surface area contributed by atoms with E-state index in [9.17, 15) is 4.79 Å². The van der Waals surface area contributed by atoms with Gasteiger partial charge in [-0.05, 0) is 13.3 Å². The molecule has 1 unspecified atom stereocenters. The average molecular weight is 159 g/mol. The maximum absolute atomic E-state index is 10.5. The van der Waals surface area contributed by atoms with E-state index in [0.717, 1.165) is 11.3 Å². The summed E-state index contributed by atoms with van der Waals surface area (Å²) in [6.07, 6.45) is 0.870. The lowest BCUT2D eigenvalue weighted by molar-refractivity contribution is -0.119. The molecule has 0 radical (unpaired) electrons. The minimum absolute atomic E-state index is 0.0175. The number of carbonyl (C=O) groups is 1. The Labute approximate surface area is 67.0 Å². The quantitative estimate of drug-likeness (QED) is 0.629. The molecule has 1 amide bonds. The highest BCUT2D eigenvalue weighted by molar-refractivity contribution is 7.80. The SMILES string of the molecule is CCC(NC(C)=O)C(C)=S. The van der Waals surface area contributed by atoms with Crippen molar-refractivity contribution in [3.05, 3.63) is 0 Å². The molecule has 3 heteroatoms. The Morgan fingerprint density at radius 2 is 2.10 bits per heavy atom. The van der Waals surface area contributed by atoms with Crippen LogP contribution in [0.4, 0.5) is 0 Å². The van der Waals surface area contributed by atoms with Crippen molar-refractivity contribution in [1.82, 2.24) is 5.32 Å². The van der Waals surface area contributed by atoms with Crippen LogP contribution in [0, 0.1) is 0 Å². The Balaban J connectivity index is 3.83. The fourth-order valence-electron chi connectivity index (χ4n) is 0.737. The summed E-state index contributed by atoms with van der Waals surface area (Å²) in [5.74, 6) is -0.0175. The van der Waals surface area contributed by atoms with Gasteiger partial charge in [-0.15, -0.1) is 0 Å². The number of carbonyl (C=O) groups excluding carboxylic acids is 1. The van der Waals surface area contributed by atoms with Crippen LogP contribution in [0.25, 0.3) is 0 Å². The molecule has 0 aromatic carbocycles. The van der Waals surface area contributed by atoms with Crippen LogP contribution in [0.1, 0.15) is 27.2 Å². The maximum atomic E-state index is 10.5. The highest BCUT2D eigenvalue weighted by Crippen LogP contribution is 1.93. The molecule has 58 valence electrons. The van der Waals surface area contributed by atoms with Crippen molar-refractivity contribution >= 4 is 23.0 Å². The summed E-state index contributed by atoms with van der Waals surface area (Å²) in [5.41, 5.74) is 0. The largest absolute Gasteiger partial charge is 0.349 e. The van der Waals surface area contributed by atoms with Gasteiger partial charge in [0.2, 0.25) is 5.91 Å². The van der Waals surface area contributed by atoms with Gasteiger partial charge in [0.25, 0.3) is 0 Å². The van der Waals surface area contributed by atoms with Crippen molar-refractivity contribution in [1.29, 1.82) is 0 Å². The monoisotopic (exact) mass is 159 g/mol. The van der Waals surface area contributed by atoms with Crippen molar-refractivity contribution in [2.24, 2.45) is 0 Å². The normalized spacial score (nSPS) is 12.3. The van der Waals surface area contributed by atoms with Crippen molar-refractivity contribution in [2.45, 2.75) is 33.2 Å². The molecule has 0 saturated heterocycles. The smallest absolute Gasteiger partial charge is 0.217 e. The summed E-state index contributed by atoms with van der Waals surface area (Å²) < 4.78 is 0. The van der Waals surface area contributed by atoms with Gasteiger partial charge in [0.1, 0.15) is 0 Å². The van der Waals surface area contributed by atoms with E-state index in [1.165, 1.54) is 6.92 Å². The van der Waals surface area contributed by atoms with Crippen LogP contribution < -0.4 is 5.32 Å². The van der Waals surface area contributed by atoms with Crippen LogP contribution in [-0.4, -0.2) is 16.8 Å². The van der Waals surface area contributed by atoms with Crippen LogP contribution in [0.15, 0.2) is 0 Å². The summed E-state index contributed by atoms with van der Waals surface area (Å²) in [7, 11) is 0. The van der Waals surface area contributed by atoms with E-state index in [4.69, 9.17) is 12.2 Å². The zero-order valence-electron chi connectivity index (χ0n) is 6.60. The molecule has 0 aliphatic rings. The van der Waals surface area contributed by atoms with E-state index in [-0.39, 0.29) is 11.9 Å². The van der Waals surface area contributed by atoms with Gasteiger partial charge in [0.15, 0.2) is 0 Å². The minimum atomic E-state index is -0.0175. The zero-order valence-corrected chi connectivity index (χ0v) is 7.42. The van der Waals surface area contributed by atoms with Crippen LogP contribution in [0.3, 0.4) is 0 Å². The summed E-state index contributed by atoms with van der Waals surface area (Å²) in [4.78, 5) is 11.4. The molecule has 0 aliphatic carbocycles. The van der Waals surface area contributed by atoms with Crippen molar-refractivity contribution in [3.8, 4) is 0 Å². The average Bonchev–Trinajstić information content (AvgIpc) is 1.81. The van der Waals surface area contributed by atoms with E-state index in [0.29, 0.717) is 0 Å². The van der Waals surface area contributed by atoms with Gasteiger partial charge in [-0.25, -0.2) is 0 Å². The van der Waals surface area contributed by atoms with E-state index < -0.39 is 0 Å². The molecular weight excluding hydrogens is 146 g/mol. The van der Waals surface area contributed by atoms with Gasteiger partial charge in [0, 0.05) is 11.8 Å². The molecule has 0 aliphatic heterocycles. The molecule has 1 atom stereocenters. The van der Waals surface area contributed by atoms with Crippen LogP contribution >= 0.6 is 12.2 Å². The van der Waals surface area contributed by atoms with E-state index in [2.05, 4.69) is 5.32 Å². The summed E-state index contributed by atoms with van der Waals surface area (Å²) in [6, 6.07) is 0.0764. The van der Waals surface area contributed by atoms with Gasteiger partial charge in [-0.2, -0.15) is 0 Å². The molecule has 0 aromatic heterocycles. The third kappa shape index (κ3) is 3.56. The Hall–Kier alpha value is -0.440. The number of thiocarbonyl (C=S) groups is 1. The second-order valence-corrected chi connectivity index (χ2v) is 2.92. The van der Waals surface area contributed by atoms with Crippen LogP contribution in [0.5, 0.6) is 0 Å². The molecule has 2 nitrogen and oxygen atoms in total. The van der Waals surface area contributed by atoms with E-state index >= 15 is 0 Å². The van der Waals surface area contributed by atoms with Gasteiger partial charge < -0.3 is 5.32 Å². The number of hydrogen-bond donors (Lipinski definition) is 1. The standard InChI is InChI=1S/C7H13NOS/c1-4-7(5(2)10)8-6(3)9/h7H,4H2,1-3H3,(H,8,9). The lowest BCUT2D eigenvalue weighted by Crippen LogP contribution is -2.36. The van der Waals surface area contributed by atoms with Crippen molar-refractivity contribution in [3.63, 3.8) is 0 Å². The Kier molecular flexibility index (Phi) is 4.19. The number of amides is 1. The topological polar surface area (TPSA) is 29.1 Å². The Morgan fingerprint density at radius 1 is 1.60 bits per heavy atom. The minimum Gasteiger partial charge on any atom is -0.349 e. The number of rotatable bonds is 3. The van der Waals surface area contributed by atoms with Crippen LogP contribution in [-0.2, 0) is 4.79 Å². The summed E-state index contributed by atoms with van der Waals surface area (Å²) >= 11 is 4.92. The zero-order chi connectivity index (χ0) is 8.15.